The molecule has 3 aromatic rings. The summed E-state index contributed by atoms with van der Waals surface area (Å²) in [5.74, 6) is 1.24. The minimum Gasteiger partial charge on any atom is -0.354 e. The van der Waals surface area contributed by atoms with Crippen LogP contribution in [0.15, 0.2) is 36.5 Å². The molecule has 0 saturated carbocycles. The largest absolute Gasteiger partial charge is 0.354 e. The van der Waals surface area contributed by atoms with Crippen LogP contribution in [0.2, 0.25) is 0 Å². The molecular formula is C22H25BN6O. The molecule has 0 aliphatic carbocycles. The van der Waals surface area contributed by atoms with Crippen molar-refractivity contribution in [3.8, 4) is 0 Å². The van der Waals surface area contributed by atoms with Gasteiger partial charge in [0, 0.05) is 51.3 Å². The highest BCUT2D eigenvalue weighted by Gasteiger charge is 2.37. The molecule has 2 aliphatic heterocycles. The van der Waals surface area contributed by atoms with Gasteiger partial charge in [0.05, 0.1) is 17.8 Å². The van der Waals surface area contributed by atoms with E-state index in [0.29, 0.717) is 19.6 Å². The van der Waals surface area contributed by atoms with Crippen molar-refractivity contribution < 1.29 is 4.79 Å². The van der Waals surface area contributed by atoms with Crippen molar-refractivity contribution in [3.63, 3.8) is 0 Å². The van der Waals surface area contributed by atoms with Gasteiger partial charge in [-0.25, -0.2) is 4.98 Å². The molecule has 0 unspecified atom stereocenters. The number of hydrogen-bond acceptors (Lipinski definition) is 5. The van der Waals surface area contributed by atoms with E-state index in [2.05, 4.69) is 15.3 Å². The van der Waals surface area contributed by atoms with Gasteiger partial charge in [0.2, 0.25) is 5.91 Å². The van der Waals surface area contributed by atoms with E-state index < -0.39 is 0 Å². The van der Waals surface area contributed by atoms with Crippen molar-refractivity contribution in [1.82, 2.24) is 24.8 Å². The Morgan fingerprint density at radius 2 is 2.03 bits per heavy atom. The Labute approximate surface area is 177 Å². The predicted octanol–water partition coefficient (Wildman–Crippen LogP) is 0.306. The van der Waals surface area contributed by atoms with Crippen LogP contribution in [0.3, 0.4) is 0 Å². The van der Waals surface area contributed by atoms with Gasteiger partial charge in [-0.15, -0.1) is 0 Å². The average Bonchev–Trinajstić information content (AvgIpc) is 3.04. The van der Waals surface area contributed by atoms with Gasteiger partial charge in [-0.3, -0.25) is 4.79 Å². The lowest BCUT2D eigenvalue weighted by Crippen LogP contribution is -2.55. The maximum Gasteiger partial charge on any atom is 0.229 e. The number of anilines is 1. The van der Waals surface area contributed by atoms with Crippen molar-refractivity contribution in [1.29, 1.82) is 0 Å². The first-order valence-corrected chi connectivity index (χ1v) is 10.5. The van der Waals surface area contributed by atoms with Crippen LogP contribution in [0.25, 0.3) is 5.65 Å². The van der Waals surface area contributed by atoms with E-state index in [9.17, 15) is 4.79 Å². The fourth-order valence-corrected chi connectivity index (χ4v) is 4.47. The van der Waals surface area contributed by atoms with Crippen LogP contribution >= 0.6 is 0 Å². The summed E-state index contributed by atoms with van der Waals surface area (Å²) in [6.07, 6.45) is 3.64. The molecule has 4 heterocycles. The molecule has 2 radical (unpaired) electrons. The van der Waals surface area contributed by atoms with E-state index in [0.717, 1.165) is 54.1 Å². The van der Waals surface area contributed by atoms with Crippen LogP contribution in [0.1, 0.15) is 16.8 Å². The Kier molecular flexibility index (Phi) is 4.94. The number of benzene rings is 1. The van der Waals surface area contributed by atoms with Gasteiger partial charge in [-0.2, -0.15) is 9.61 Å². The number of nitrogens with one attached hydrogen (secondary N) is 1. The number of carbonyl (C=O) groups excluding carboxylic acids is 1. The van der Waals surface area contributed by atoms with Gasteiger partial charge in [-0.05, 0) is 18.5 Å². The maximum atomic E-state index is 13.0. The molecule has 0 bridgehead atoms. The third-order valence-corrected chi connectivity index (χ3v) is 6.15. The summed E-state index contributed by atoms with van der Waals surface area (Å²) in [7, 11) is 7.90. The molecule has 1 saturated heterocycles. The summed E-state index contributed by atoms with van der Waals surface area (Å²) in [6, 6.07) is 9.66. The number of aromatic nitrogens is 3. The maximum absolute atomic E-state index is 13.0. The topological polar surface area (TPSA) is 65.8 Å². The molecule has 1 fully saturated rings. The highest BCUT2D eigenvalue weighted by Crippen LogP contribution is 2.32. The number of amides is 1. The summed E-state index contributed by atoms with van der Waals surface area (Å²) in [4.78, 5) is 21.9. The SMILES string of the molecule is [B]c1ccccc1CN(C)C(=O)C1CN(c2c3c(nc4ccnn24)CCNCC3)C1. The molecule has 1 amide bonds. The Bertz CT molecular complexity index is 1090. The van der Waals surface area contributed by atoms with Crippen LogP contribution in [0.5, 0.6) is 0 Å². The molecular weight excluding hydrogens is 375 g/mol. The Morgan fingerprint density at radius 1 is 1.23 bits per heavy atom. The van der Waals surface area contributed by atoms with Crippen LogP contribution in [-0.4, -0.2) is 66.5 Å². The smallest absolute Gasteiger partial charge is 0.229 e. The highest BCUT2D eigenvalue weighted by molar-refractivity contribution is 6.33. The number of nitrogens with zero attached hydrogens (tertiary/aromatic N) is 5. The number of hydrogen-bond donors (Lipinski definition) is 1. The normalized spacial score (nSPS) is 16.8. The van der Waals surface area contributed by atoms with E-state index in [-0.39, 0.29) is 11.8 Å². The van der Waals surface area contributed by atoms with E-state index in [1.807, 2.05) is 41.9 Å². The van der Waals surface area contributed by atoms with Crippen molar-refractivity contribution >= 4 is 30.7 Å². The Hall–Kier alpha value is -2.87. The van der Waals surface area contributed by atoms with E-state index in [1.54, 1.807) is 11.1 Å². The second-order valence-electron chi connectivity index (χ2n) is 8.21. The second-order valence-corrected chi connectivity index (χ2v) is 8.21. The summed E-state index contributed by atoms with van der Waals surface area (Å²) < 4.78 is 1.93. The first kappa shape index (κ1) is 19.1. The Balaban J connectivity index is 1.34. The molecule has 7 nitrogen and oxygen atoms in total. The molecule has 0 atom stereocenters. The number of fused-ring (bicyclic) bond motifs is 2. The van der Waals surface area contributed by atoms with Gasteiger partial charge in [0.25, 0.3) is 0 Å². The van der Waals surface area contributed by atoms with Gasteiger partial charge in [0.15, 0.2) is 5.65 Å². The molecule has 152 valence electrons. The average molecular weight is 400 g/mol. The molecule has 5 rings (SSSR count). The van der Waals surface area contributed by atoms with Gasteiger partial charge in [-0.1, -0.05) is 29.7 Å². The first-order chi connectivity index (χ1) is 14.6. The zero-order valence-electron chi connectivity index (χ0n) is 17.2. The first-order valence-electron chi connectivity index (χ1n) is 10.5. The van der Waals surface area contributed by atoms with Crippen LogP contribution in [0.4, 0.5) is 5.82 Å². The number of rotatable bonds is 4. The van der Waals surface area contributed by atoms with E-state index in [4.69, 9.17) is 12.8 Å². The summed E-state index contributed by atoms with van der Waals surface area (Å²) in [5.41, 5.74) is 4.98. The second kappa shape index (κ2) is 7.76. The molecule has 30 heavy (non-hydrogen) atoms. The quantitative estimate of drug-likeness (QED) is 0.639. The fourth-order valence-electron chi connectivity index (χ4n) is 4.47. The molecule has 2 aliphatic rings. The van der Waals surface area contributed by atoms with Crippen molar-refractivity contribution in [2.45, 2.75) is 19.4 Å². The summed E-state index contributed by atoms with van der Waals surface area (Å²) >= 11 is 0. The van der Waals surface area contributed by atoms with Crippen LogP contribution in [-0.2, 0) is 24.2 Å². The lowest BCUT2D eigenvalue weighted by atomic mass is 9.90. The molecule has 1 N–H and O–H groups in total. The monoisotopic (exact) mass is 400 g/mol. The molecule has 2 aromatic heterocycles. The van der Waals surface area contributed by atoms with Gasteiger partial charge < -0.3 is 15.1 Å². The standard InChI is InChI=1S/C22H25BN6O/c1-27(12-15-4-2-3-5-18(15)23)22(30)16-13-28(14-16)21-17-6-9-24-10-7-19(17)26-20-8-11-25-29(20)21/h2-5,8,11,16,24H,6-7,9-10,12-14H2,1H3. The van der Waals surface area contributed by atoms with Crippen molar-refractivity contribution in [2.24, 2.45) is 5.92 Å². The number of carbonyl (C=O) groups is 1. The molecule has 0 spiro atoms. The fraction of sp³-hybridized carbons (Fsp3) is 0.409. The summed E-state index contributed by atoms with van der Waals surface area (Å²) in [5, 5.41) is 7.97. The lowest BCUT2D eigenvalue weighted by Gasteiger charge is -2.42. The predicted molar refractivity (Wildman–Crippen MR) is 117 cm³/mol. The van der Waals surface area contributed by atoms with E-state index >= 15 is 0 Å². The minimum absolute atomic E-state index is 0.0155. The Morgan fingerprint density at radius 3 is 2.87 bits per heavy atom. The van der Waals surface area contributed by atoms with Crippen LogP contribution in [0, 0.1) is 5.92 Å². The van der Waals surface area contributed by atoms with Gasteiger partial charge >= 0.3 is 0 Å². The lowest BCUT2D eigenvalue weighted by molar-refractivity contribution is -0.135. The third-order valence-electron chi connectivity index (χ3n) is 6.15. The molecule has 1 aromatic carbocycles. The van der Waals surface area contributed by atoms with E-state index in [1.165, 1.54) is 5.56 Å². The minimum atomic E-state index is -0.0155. The van der Waals surface area contributed by atoms with Crippen molar-refractivity contribution in [3.05, 3.63) is 53.3 Å². The molecule has 8 heteroatoms. The van der Waals surface area contributed by atoms with Gasteiger partial charge in [0.1, 0.15) is 13.7 Å². The summed E-state index contributed by atoms with van der Waals surface area (Å²) in [6.45, 7) is 3.81. The van der Waals surface area contributed by atoms with Crippen LogP contribution < -0.4 is 15.7 Å². The zero-order chi connectivity index (χ0) is 20.7. The van der Waals surface area contributed by atoms with Crippen molar-refractivity contribution in [2.75, 3.05) is 38.1 Å². The highest BCUT2D eigenvalue weighted by atomic mass is 16.2. The zero-order valence-corrected chi connectivity index (χ0v) is 17.2. The third kappa shape index (κ3) is 3.35.